The summed E-state index contributed by atoms with van der Waals surface area (Å²) in [6.45, 7) is 1.99. The summed E-state index contributed by atoms with van der Waals surface area (Å²) in [5.41, 5.74) is 8.53. The van der Waals surface area contributed by atoms with Gasteiger partial charge in [-0.3, -0.25) is 0 Å². The number of ether oxygens (including phenoxy) is 1. The van der Waals surface area contributed by atoms with Gasteiger partial charge in [-0.15, -0.1) is 0 Å². The first kappa shape index (κ1) is 15.5. The number of nitrogens with one attached hydrogen (secondary N) is 2. The summed E-state index contributed by atoms with van der Waals surface area (Å²) in [6.07, 6.45) is 3.17. The zero-order chi connectivity index (χ0) is 16.9. The Balaban J connectivity index is 1.82. The monoisotopic (exact) mass is 322 g/mol. The van der Waals surface area contributed by atoms with Crippen molar-refractivity contribution in [2.75, 3.05) is 23.5 Å². The molecule has 7 nitrogen and oxygen atoms in total. The second-order valence-electron chi connectivity index (χ2n) is 5.18. The first-order valence-corrected chi connectivity index (χ1v) is 7.37. The van der Waals surface area contributed by atoms with Crippen molar-refractivity contribution in [3.63, 3.8) is 0 Å². The minimum absolute atomic E-state index is 0.414. The van der Waals surface area contributed by atoms with Gasteiger partial charge in [0.05, 0.1) is 7.11 Å². The van der Waals surface area contributed by atoms with Crippen LogP contribution >= 0.6 is 0 Å². The van der Waals surface area contributed by atoms with Gasteiger partial charge in [0, 0.05) is 11.9 Å². The molecule has 2 aromatic heterocycles. The predicted molar refractivity (Wildman–Crippen MR) is 95.0 cm³/mol. The fourth-order valence-electron chi connectivity index (χ4n) is 2.13. The molecule has 0 aliphatic heterocycles. The first-order valence-electron chi connectivity index (χ1n) is 7.37. The third-order valence-electron chi connectivity index (χ3n) is 3.40. The van der Waals surface area contributed by atoms with E-state index >= 15 is 0 Å². The molecule has 0 aliphatic carbocycles. The highest BCUT2D eigenvalue weighted by atomic mass is 16.5. The molecule has 0 bridgehead atoms. The fourth-order valence-corrected chi connectivity index (χ4v) is 2.13. The first-order chi connectivity index (χ1) is 11.7. The van der Waals surface area contributed by atoms with E-state index in [2.05, 4.69) is 25.6 Å². The van der Waals surface area contributed by atoms with Crippen molar-refractivity contribution in [2.24, 2.45) is 0 Å². The smallest absolute Gasteiger partial charge is 0.160 e. The molecular formula is C17H18N6O. The van der Waals surface area contributed by atoms with Crippen molar-refractivity contribution in [3.8, 4) is 5.75 Å². The third kappa shape index (κ3) is 3.52. The number of nitrogens with two attached hydrogens (primary N) is 1. The van der Waals surface area contributed by atoms with Gasteiger partial charge in [0.25, 0.3) is 0 Å². The number of aryl methyl sites for hydroxylation is 1. The minimum atomic E-state index is 0.414. The van der Waals surface area contributed by atoms with Crippen molar-refractivity contribution >= 4 is 28.8 Å². The van der Waals surface area contributed by atoms with E-state index in [1.54, 1.807) is 13.3 Å². The molecule has 24 heavy (non-hydrogen) atoms. The van der Waals surface area contributed by atoms with E-state index in [0.717, 1.165) is 17.0 Å². The number of anilines is 5. The Morgan fingerprint density at radius 1 is 0.958 bits per heavy atom. The van der Waals surface area contributed by atoms with Crippen LogP contribution in [0.4, 0.5) is 28.8 Å². The average molecular weight is 322 g/mol. The lowest BCUT2D eigenvalue weighted by Gasteiger charge is -2.12. The summed E-state index contributed by atoms with van der Waals surface area (Å²) in [4.78, 5) is 12.6. The average Bonchev–Trinajstić information content (AvgIpc) is 2.59. The highest BCUT2D eigenvalue weighted by molar-refractivity contribution is 5.79. The quantitative estimate of drug-likeness (QED) is 0.663. The van der Waals surface area contributed by atoms with Crippen LogP contribution in [-0.4, -0.2) is 22.1 Å². The van der Waals surface area contributed by atoms with Gasteiger partial charge in [-0.05, 0) is 48.9 Å². The van der Waals surface area contributed by atoms with E-state index in [4.69, 9.17) is 10.5 Å². The Morgan fingerprint density at radius 2 is 1.67 bits per heavy atom. The topological polar surface area (TPSA) is 98.0 Å². The van der Waals surface area contributed by atoms with Gasteiger partial charge in [0.1, 0.15) is 23.6 Å². The lowest BCUT2D eigenvalue weighted by molar-refractivity contribution is 0.415. The number of nitrogen functional groups attached to an aromatic ring is 1. The lowest BCUT2D eigenvalue weighted by atomic mass is 10.3. The summed E-state index contributed by atoms with van der Waals surface area (Å²) in [7, 11) is 1.63. The van der Waals surface area contributed by atoms with Crippen LogP contribution in [0, 0.1) is 6.92 Å². The Morgan fingerprint density at radius 3 is 2.33 bits per heavy atom. The van der Waals surface area contributed by atoms with Crippen LogP contribution in [0.2, 0.25) is 0 Å². The van der Waals surface area contributed by atoms with Crippen LogP contribution in [0.1, 0.15) is 5.56 Å². The summed E-state index contributed by atoms with van der Waals surface area (Å²) in [5, 5.41) is 6.28. The maximum absolute atomic E-state index is 6.17. The number of benzene rings is 1. The molecule has 2 heterocycles. The molecule has 3 rings (SSSR count). The predicted octanol–water partition coefficient (Wildman–Crippen LogP) is 3.26. The van der Waals surface area contributed by atoms with E-state index in [0.29, 0.717) is 23.1 Å². The Hall–Kier alpha value is -3.35. The van der Waals surface area contributed by atoms with Crippen LogP contribution in [-0.2, 0) is 0 Å². The number of nitrogens with zero attached hydrogens (tertiary/aromatic N) is 3. The van der Waals surface area contributed by atoms with E-state index in [1.165, 1.54) is 6.33 Å². The van der Waals surface area contributed by atoms with E-state index in [-0.39, 0.29) is 0 Å². The molecule has 0 saturated carbocycles. The number of rotatable bonds is 5. The van der Waals surface area contributed by atoms with E-state index in [9.17, 15) is 0 Å². The minimum Gasteiger partial charge on any atom is -0.497 e. The van der Waals surface area contributed by atoms with Gasteiger partial charge in [-0.1, -0.05) is 0 Å². The summed E-state index contributed by atoms with van der Waals surface area (Å²) in [5.74, 6) is 2.48. The molecule has 0 saturated heterocycles. The fraction of sp³-hybridized carbons (Fsp3) is 0.118. The normalized spacial score (nSPS) is 10.2. The highest BCUT2D eigenvalue weighted by Gasteiger charge is 2.09. The summed E-state index contributed by atoms with van der Waals surface area (Å²) < 4.78 is 5.14. The third-order valence-corrected chi connectivity index (χ3v) is 3.40. The van der Waals surface area contributed by atoms with Crippen LogP contribution in [0.3, 0.4) is 0 Å². The SMILES string of the molecule is COc1ccc(Nc2ncnc(Nc3cc(C)ccn3)c2N)cc1. The van der Waals surface area contributed by atoms with Crippen LogP contribution in [0.5, 0.6) is 5.75 Å². The zero-order valence-corrected chi connectivity index (χ0v) is 13.4. The number of hydrogen-bond acceptors (Lipinski definition) is 7. The van der Waals surface area contributed by atoms with Gasteiger partial charge < -0.3 is 21.1 Å². The molecular weight excluding hydrogens is 304 g/mol. The standard InChI is InChI=1S/C17H18N6O/c1-11-7-8-19-14(9-11)23-17-15(18)16(20-10-21-17)22-12-3-5-13(24-2)6-4-12/h3-10H,18H2,1-2H3,(H2,19,20,21,22,23). The summed E-state index contributed by atoms with van der Waals surface area (Å²) in [6, 6.07) is 11.3. The lowest BCUT2D eigenvalue weighted by Crippen LogP contribution is -2.05. The van der Waals surface area contributed by atoms with Gasteiger partial charge in [-0.25, -0.2) is 15.0 Å². The van der Waals surface area contributed by atoms with Crippen molar-refractivity contribution in [2.45, 2.75) is 6.92 Å². The van der Waals surface area contributed by atoms with E-state index < -0.39 is 0 Å². The Bertz CT molecular complexity index is 835. The van der Waals surface area contributed by atoms with Crippen LogP contribution in [0.25, 0.3) is 0 Å². The Kier molecular flexibility index (Phi) is 4.42. The van der Waals surface area contributed by atoms with Crippen molar-refractivity contribution < 1.29 is 4.74 Å². The molecule has 4 N–H and O–H groups in total. The van der Waals surface area contributed by atoms with Gasteiger partial charge in [-0.2, -0.15) is 0 Å². The molecule has 0 spiro atoms. The van der Waals surface area contributed by atoms with Crippen LogP contribution < -0.4 is 21.1 Å². The zero-order valence-electron chi connectivity index (χ0n) is 13.4. The molecule has 0 radical (unpaired) electrons. The van der Waals surface area contributed by atoms with Crippen molar-refractivity contribution in [1.82, 2.24) is 15.0 Å². The molecule has 0 amide bonds. The number of pyridine rings is 1. The number of hydrogen-bond donors (Lipinski definition) is 3. The van der Waals surface area contributed by atoms with Gasteiger partial charge in [0.2, 0.25) is 0 Å². The highest BCUT2D eigenvalue weighted by Crippen LogP contribution is 2.28. The maximum atomic E-state index is 6.17. The second-order valence-corrected chi connectivity index (χ2v) is 5.18. The molecule has 0 fully saturated rings. The largest absolute Gasteiger partial charge is 0.497 e. The second kappa shape index (κ2) is 6.82. The van der Waals surface area contributed by atoms with Crippen molar-refractivity contribution in [3.05, 3.63) is 54.5 Å². The molecule has 122 valence electrons. The number of methoxy groups -OCH3 is 1. The maximum Gasteiger partial charge on any atom is 0.160 e. The molecule has 0 atom stereocenters. The van der Waals surface area contributed by atoms with E-state index in [1.807, 2.05) is 43.3 Å². The van der Waals surface area contributed by atoms with Crippen molar-refractivity contribution in [1.29, 1.82) is 0 Å². The molecule has 0 aliphatic rings. The molecule has 3 aromatic rings. The molecule has 7 heteroatoms. The molecule has 0 unspecified atom stereocenters. The van der Waals surface area contributed by atoms with Crippen LogP contribution in [0.15, 0.2) is 48.9 Å². The molecule has 1 aromatic carbocycles. The Labute approximate surface area is 139 Å². The summed E-state index contributed by atoms with van der Waals surface area (Å²) >= 11 is 0. The van der Waals surface area contributed by atoms with Gasteiger partial charge >= 0.3 is 0 Å². The van der Waals surface area contributed by atoms with Gasteiger partial charge in [0.15, 0.2) is 11.6 Å². The number of aromatic nitrogens is 3.